The molecule has 3 aliphatic carbocycles. The molecule has 31 heteroatoms. The van der Waals surface area contributed by atoms with E-state index in [9.17, 15) is 73.5 Å². The van der Waals surface area contributed by atoms with Gasteiger partial charge in [-0.3, -0.25) is 47.9 Å². The van der Waals surface area contributed by atoms with Gasteiger partial charge in [-0.2, -0.15) is 0 Å². The lowest BCUT2D eigenvalue weighted by Gasteiger charge is -2.23. The van der Waals surface area contributed by atoms with Gasteiger partial charge in [0.2, 0.25) is 0 Å². The molecular weight excluding hydrogens is 1640 g/mol. The van der Waals surface area contributed by atoms with Crippen molar-refractivity contribution < 1.29 is 93.9 Å². The summed E-state index contributed by atoms with van der Waals surface area (Å²) in [5, 5.41) is 94.2. The Morgan fingerprint density at radius 3 is 1.19 bits per heavy atom. The van der Waals surface area contributed by atoms with Crippen LogP contribution < -0.4 is 10.6 Å². The van der Waals surface area contributed by atoms with Crippen molar-refractivity contribution in [3.8, 4) is 17.2 Å². The minimum atomic E-state index is -1.49. The maximum atomic E-state index is 13.5. The number of aliphatic hydroxyl groups is 6. The van der Waals surface area contributed by atoms with Crippen molar-refractivity contribution in [3.63, 3.8) is 0 Å². The van der Waals surface area contributed by atoms with E-state index in [4.69, 9.17) is 20.4 Å². The Labute approximate surface area is 613 Å². The highest BCUT2D eigenvalue weighted by atomic mass is 79.9. The van der Waals surface area contributed by atoms with E-state index in [1.54, 1.807) is 72.8 Å². The van der Waals surface area contributed by atoms with Gasteiger partial charge < -0.3 is 66.4 Å². The van der Waals surface area contributed by atoms with Gasteiger partial charge in [0.25, 0.3) is 23.6 Å². The summed E-state index contributed by atoms with van der Waals surface area (Å²) in [6.07, 6.45) is 0. The molecular formula is C70H56Br5N7O19. The maximum absolute atomic E-state index is 13.5. The molecule has 3 aliphatic rings. The van der Waals surface area contributed by atoms with Crippen molar-refractivity contribution in [2.24, 2.45) is 0 Å². The average molecular weight is 1700 g/mol. The number of carbonyl (C=O) groups is 10. The molecule has 6 aromatic carbocycles. The molecule has 3 aromatic heterocycles. The molecule has 2 unspecified atom stereocenters. The fourth-order valence-electron chi connectivity index (χ4n) is 12.0. The molecule has 3 heterocycles. The lowest BCUT2D eigenvalue weighted by atomic mass is 9.94. The van der Waals surface area contributed by atoms with Crippen LogP contribution in [0, 0.1) is 0 Å². The number of hydrogen-bond donors (Lipinski definition) is 11. The minimum Gasteiger partial charge on any atom is -0.505 e. The Bertz CT molecular complexity index is 4920. The molecule has 101 heavy (non-hydrogen) atoms. The van der Waals surface area contributed by atoms with Crippen LogP contribution in [0.1, 0.15) is 138 Å². The Kier molecular flexibility index (Phi) is 23.6. The summed E-state index contributed by atoms with van der Waals surface area (Å²) in [5.41, 5.74) is 1.11. The van der Waals surface area contributed by atoms with Crippen molar-refractivity contribution in [3.05, 3.63) is 204 Å². The summed E-state index contributed by atoms with van der Waals surface area (Å²) in [7, 11) is 0. The van der Waals surface area contributed by atoms with E-state index in [2.05, 4.69) is 105 Å². The standard InChI is InChI=1S/C24H21N3O7.C23H16Br4N2O6.C23H19BrN2O6/c28-9-7-25-23(33)12-5-6-13-15(11-12)21(31)18(20(13)30)19-22(32)17(24(34)26-8-10-29)14-3-1-2-4-16(14)27-19;24-15-12-13(16(25)18(27)17(15)26)21(33)14(20(12)32)19-22(34)11(9-3-1-2-4-10(9)28-19)23(35)29(5-7-30)6-8-31;24-18-14-3-1-2-4-16(14)25-19(22(18)31)17-20(29)13-6-5-12(11-15(13)21(17)30)23(32)26(7-9-27)8-10-28/h1-6,11,18,28-29,32H,7-10H2,(H,25,33)(H,26,34);1-4,14,30-31,34H,5-8H2;1-6,11,17,27-28,31H,7-10H2. The maximum Gasteiger partial charge on any atom is 0.258 e. The van der Waals surface area contributed by atoms with Crippen molar-refractivity contribution in [1.29, 1.82) is 0 Å². The second-order valence-electron chi connectivity index (χ2n) is 22.6. The van der Waals surface area contributed by atoms with E-state index in [1.807, 2.05) is 0 Å². The first-order chi connectivity index (χ1) is 48.4. The van der Waals surface area contributed by atoms with Crippen LogP contribution in [-0.4, -0.2) is 208 Å². The van der Waals surface area contributed by atoms with Crippen LogP contribution in [0.5, 0.6) is 17.2 Å². The van der Waals surface area contributed by atoms with Crippen molar-refractivity contribution in [2.45, 2.75) is 17.8 Å². The number of pyridine rings is 3. The van der Waals surface area contributed by atoms with Crippen LogP contribution in [0.15, 0.2) is 132 Å². The zero-order valence-electron chi connectivity index (χ0n) is 52.3. The van der Waals surface area contributed by atoms with E-state index < -0.39 is 87.6 Å². The molecule has 0 spiro atoms. The number of benzene rings is 6. The number of nitrogens with zero attached hydrogens (tertiary/aromatic N) is 5. The molecule has 0 bridgehead atoms. The van der Waals surface area contributed by atoms with E-state index in [1.165, 1.54) is 46.2 Å². The Morgan fingerprint density at radius 1 is 0.376 bits per heavy atom. The van der Waals surface area contributed by atoms with Crippen LogP contribution in [0.3, 0.4) is 0 Å². The van der Waals surface area contributed by atoms with Crippen LogP contribution in [0.4, 0.5) is 0 Å². The summed E-state index contributed by atoms with van der Waals surface area (Å²) in [4.78, 5) is 147. The molecule has 11 N–H and O–H groups in total. The van der Waals surface area contributed by atoms with Gasteiger partial charge in [0, 0.05) is 118 Å². The highest BCUT2D eigenvalue weighted by Crippen LogP contribution is 2.50. The molecule has 0 radical (unpaired) electrons. The first kappa shape index (κ1) is 74.7. The van der Waals surface area contributed by atoms with Crippen molar-refractivity contribution in [1.82, 2.24) is 35.4 Å². The second-order valence-corrected chi connectivity index (χ2v) is 26.6. The van der Waals surface area contributed by atoms with Gasteiger partial charge in [-0.1, -0.05) is 54.6 Å². The summed E-state index contributed by atoms with van der Waals surface area (Å²) in [5.74, 6) is -11.6. The molecule has 26 nitrogen and oxygen atoms in total. The largest absolute Gasteiger partial charge is 0.505 e. The average Bonchev–Trinajstić information content (AvgIpc) is 1.60. The number of nitrogens with one attached hydrogen (secondary N) is 2. The van der Waals surface area contributed by atoms with Crippen molar-refractivity contribution >= 4 is 171 Å². The van der Waals surface area contributed by atoms with E-state index in [0.29, 0.717) is 55.1 Å². The molecule has 0 fully saturated rings. The van der Waals surface area contributed by atoms with Gasteiger partial charge in [0.15, 0.2) is 51.9 Å². The molecule has 12 rings (SSSR count). The number of fused-ring (bicyclic) bond motifs is 6. The zero-order valence-corrected chi connectivity index (χ0v) is 60.3. The predicted octanol–water partition coefficient (Wildman–Crippen LogP) is 7.42. The number of aliphatic hydroxyl groups excluding tert-OH is 6. The molecule has 520 valence electrons. The van der Waals surface area contributed by atoms with E-state index in [0.717, 1.165) is 0 Å². The molecule has 0 aliphatic heterocycles. The number of hydrogen-bond acceptors (Lipinski definition) is 22. The normalized spacial score (nSPS) is 14.5. The number of amides is 4. The van der Waals surface area contributed by atoms with Crippen LogP contribution >= 0.6 is 79.6 Å². The zero-order chi connectivity index (χ0) is 73.0. The highest BCUT2D eigenvalue weighted by Gasteiger charge is 2.48. The molecule has 0 saturated carbocycles. The third kappa shape index (κ3) is 14.1. The van der Waals surface area contributed by atoms with Gasteiger partial charge in [0.05, 0.1) is 71.8 Å². The Hall–Kier alpha value is -8.99. The molecule has 9 aromatic rings. The lowest BCUT2D eigenvalue weighted by molar-refractivity contribution is 0.0679. The number of carbonyl (C=O) groups excluding carboxylic acids is 10. The number of aromatic hydroxyl groups is 3. The van der Waals surface area contributed by atoms with Gasteiger partial charge in [0.1, 0.15) is 34.8 Å². The summed E-state index contributed by atoms with van der Waals surface area (Å²) in [6, 6.07) is 28.2. The summed E-state index contributed by atoms with van der Waals surface area (Å²) < 4.78 is 2.14. The quantitative estimate of drug-likeness (QED) is 0.0213. The number of rotatable bonds is 19. The van der Waals surface area contributed by atoms with Gasteiger partial charge in [-0.25, -0.2) is 15.0 Å². The number of Topliss-reactive ketones (excluding diaryl/α,β-unsaturated/α-hetero) is 6. The van der Waals surface area contributed by atoms with Gasteiger partial charge >= 0.3 is 0 Å². The summed E-state index contributed by atoms with van der Waals surface area (Å²) in [6.45, 7) is -1.99. The van der Waals surface area contributed by atoms with Crippen LogP contribution in [-0.2, 0) is 0 Å². The number of halogens is 5. The Balaban J connectivity index is 0.000000164. The summed E-state index contributed by atoms with van der Waals surface area (Å²) >= 11 is 16.8. The first-order valence-corrected chi connectivity index (χ1v) is 34.6. The fourth-order valence-corrected chi connectivity index (χ4v) is 15.0. The number of ketones is 6. The monoisotopic (exact) mass is 1690 g/mol. The topological polar surface area (TPSA) is 422 Å². The highest BCUT2D eigenvalue weighted by molar-refractivity contribution is 9.15. The number of aromatic nitrogens is 3. The molecule has 0 saturated heterocycles. The first-order valence-electron chi connectivity index (χ1n) is 30.6. The number of para-hydroxylation sites is 3. The molecule has 2 atom stereocenters. The Morgan fingerprint density at radius 2 is 0.733 bits per heavy atom. The second kappa shape index (κ2) is 31.9. The van der Waals surface area contributed by atoms with Crippen LogP contribution in [0.2, 0.25) is 0 Å². The molecule has 4 amide bonds. The van der Waals surface area contributed by atoms with Crippen molar-refractivity contribution in [2.75, 3.05) is 78.9 Å². The van der Waals surface area contributed by atoms with Gasteiger partial charge in [-0.05, 0) is 134 Å². The van der Waals surface area contributed by atoms with E-state index in [-0.39, 0.29) is 157 Å². The predicted molar refractivity (Wildman–Crippen MR) is 381 cm³/mol. The lowest BCUT2D eigenvalue weighted by Crippen LogP contribution is -2.36. The third-order valence-corrected chi connectivity index (χ3v) is 22.2. The van der Waals surface area contributed by atoms with E-state index >= 15 is 0 Å². The van der Waals surface area contributed by atoms with Gasteiger partial charge in [-0.15, -0.1) is 0 Å². The fraction of sp³-hybridized carbons (Fsp3) is 0.214. The van der Waals surface area contributed by atoms with Crippen LogP contribution in [0.25, 0.3) is 32.7 Å². The third-order valence-electron chi connectivity index (χ3n) is 16.7. The smallest absolute Gasteiger partial charge is 0.258 e. The minimum absolute atomic E-state index is 0.00675. The SMILES string of the molecule is O=C(NCCO)c1ccc2c(c1)C(=O)C(c1nc3ccccc3c(C(=O)NCCO)c1O)C2=O.O=C1c2c(Br)c(Br)c(Br)c(Br)c2C(=O)C1c1nc2ccccc2c(C(=O)N(CCO)CCO)c1O.O=C1c2ccc(C(=O)N(CCO)CCO)cc2C(=O)C1c1nc2ccccc2c(Br)c1O.